The number of nitrogens with zero attached hydrogens (tertiary/aromatic N) is 1. The highest BCUT2D eigenvalue weighted by Crippen LogP contribution is 2.45. The van der Waals surface area contributed by atoms with Crippen LogP contribution >= 0.6 is 0 Å². The summed E-state index contributed by atoms with van der Waals surface area (Å²) in [6.45, 7) is 1.95. The van der Waals surface area contributed by atoms with Gasteiger partial charge in [-0.15, -0.1) is 0 Å². The molecule has 3 fully saturated rings. The van der Waals surface area contributed by atoms with Gasteiger partial charge in [-0.3, -0.25) is 19.8 Å². The Kier molecular flexibility index (Phi) is 3.10. The molecule has 0 atom stereocenters. The Bertz CT molecular complexity index is 460. The van der Waals surface area contributed by atoms with Gasteiger partial charge in [0.15, 0.2) is 0 Å². The Morgan fingerprint density at radius 2 is 1.50 bits per heavy atom. The number of amides is 4. The lowest BCUT2D eigenvalue weighted by Gasteiger charge is -2.51. The zero-order valence-corrected chi connectivity index (χ0v) is 12.0. The summed E-state index contributed by atoms with van der Waals surface area (Å²) < 4.78 is 0. The van der Waals surface area contributed by atoms with Crippen molar-refractivity contribution in [1.82, 2.24) is 10.2 Å². The average Bonchev–Trinajstić information content (AvgIpc) is 2.61. The van der Waals surface area contributed by atoms with E-state index in [0.29, 0.717) is 12.8 Å². The van der Waals surface area contributed by atoms with Crippen molar-refractivity contribution in [2.24, 2.45) is 5.41 Å². The third-order valence-corrected chi connectivity index (χ3v) is 5.40. The van der Waals surface area contributed by atoms with E-state index < -0.39 is 11.4 Å². The van der Waals surface area contributed by atoms with Gasteiger partial charge in [0.2, 0.25) is 11.8 Å². The van der Waals surface area contributed by atoms with E-state index in [-0.39, 0.29) is 17.4 Å². The number of rotatable bonds is 1. The maximum absolute atomic E-state index is 13.0. The predicted octanol–water partition coefficient (Wildman–Crippen LogP) is 2.35. The summed E-state index contributed by atoms with van der Waals surface area (Å²) in [5.74, 6) is -0.607. The molecular weight excluding hydrogens is 256 g/mol. The molecule has 5 nitrogen and oxygen atoms in total. The molecule has 4 amide bonds. The van der Waals surface area contributed by atoms with Gasteiger partial charge in [-0.1, -0.05) is 25.7 Å². The second kappa shape index (κ2) is 4.57. The average molecular weight is 278 g/mol. The molecule has 20 heavy (non-hydrogen) atoms. The van der Waals surface area contributed by atoms with Gasteiger partial charge in [0.1, 0.15) is 5.41 Å². The molecule has 1 spiro atoms. The summed E-state index contributed by atoms with van der Waals surface area (Å²) in [5.41, 5.74) is -1.37. The standard InChI is InChI=1S/C15H22N2O3/c1-14(7-6-8-14)17-12(19)15(11(18)16-13(17)20)9-4-2-3-5-10-15/h2-10H2,1H3,(H,16,18,20). The van der Waals surface area contributed by atoms with Crippen LogP contribution in [0.3, 0.4) is 0 Å². The van der Waals surface area contributed by atoms with E-state index in [1.165, 1.54) is 4.90 Å². The number of carbonyl (C=O) groups is 3. The minimum absolute atomic E-state index is 0.240. The molecule has 2 saturated carbocycles. The highest BCUT2D eigenvalue weighted by molar-refractivity contribution is 6.19. The molecule has 0 aromatic heterocycles. The Labute approximate surface area is 119 Å². The van der Waals surface area contributed by atoms with E-state index in [9.17, 15) is 14.4 Å². The summed E-state index contributed by atoms with van der Waals surface area (Å²) >= 11 is 0. The van der Waals surface area contributed by atoms with Crippen LogP contribution in [0, 0.1) is 5.41 Å². The molecule has 5 heteroatoms. The molecule has 0 unspecified atom stereocenters. The quantitative estimate of drug-likeness (QED) is 0.749. The van der Waals surface area contributed by atoms with Gasteiger partial charge in [0.25, 0.3) is 0 Å². The topological polar surface area (TPSA) is 66.5 Å². The van der Waals surface area contributed by atoms with Crippen molar-refractivity contribution in [3.63, 3.8) is 0 Å². The van der Waals surface area contributed by atoms with Crippen molar-refractivity contribution in [1.29, 1.82) is 0 Å². The first-order valence-electron chi connectivity index (χ1n) is 7.70. The van der Waals surface area contributed by atoms with E-state index in [1.54, 1.807) is 0 Å². The van der Waals surface area contributed by atoms with Crippen LogP contribution in [0.4, 0.5) is 4.79 Å². The normalized spacial score (nSPS) is 28.9. The lowest BCUT2D eigenvalue weighted by molar-refractivity contribution is -0.158. The van der Waals surface area contributed by atoms with E-state index in [0.717, 1.165) is 44.9 Å². The first-order valence-corrected chi connectivity index (χ1v) is 7.70. The molecule has 1 aliphatic heterocycles. The monoisotopic (exact) mass is 278 g/mol. The summed E-state index contributed by atoms with van der Waals surface area (Å²) in [6, 6.07) is -0.517. The summed E-state index contributed by atoms with van der Waals surface area (Å²) in [5, 5.41) is 2.45. The minimum atomic E-state index is -0.983. The maximum Gasteiger partial charge on any atom is 0.331 e. The molecule has 0 aromatic carbocycles. The van der Waals surface area contributed by atoms with Crippen molar-refractivity contribution in [3.05, 3.63) is 0 Å². The molecule has 3 rings (SSSR count). The van der Waals surface area contributed by atoms with Gasteiger partial charge >= 0.3 is 6.03 Å². The zero-order chi connectivity index (χ0) is 14.4. The number of imide groups is 2. The van der Waals surface area contributed by atoms with Crippen molar-refractivity contribution < 1.29 is 14.4 Å². The molecule has 0 aromatic rings. The maximum atomic E-state index is 13.0. The van der Waals surface area contributed by atoms with E-state index >= 15 is 0 Å². The van der Waals surface area contributed by atoms with E-state index in [4.69, 9.17) is 0 Å². The third kappa shape index (κ3) is 1.79. The smallest absolute Gasteiger partial charge is 0.277 e. The predicted molar refractivity (Wildman–Crippen MR) is 72.8 cm³/mol. The van der Waals surface area contributed by atoms with Gasteiger partial charge in [0, 0.05) is 5.54 Å². The number of barbiturate groups is 1. The number of hydrogen-bond acceptors (Lipinski definition) is 3. The van der Waals surface area contributed by atoms with Crippen molar-refractivity contribution >= 4 is 17.8 Å². The Hall–Kier alpha value is -1.39. The lowest BCUT2D eigenvalue weighted by atomic mass is 9.71. The third-order valence-electron chi connectivity index (χ3n) is 5.40. The first kappa shape index (κ1) is 13.6. The summed E-state index contributed by atoms with van der Waals surface area (Å²) in [7, 11) is 0. The fraction of sp³-hybridized carbons (Fsp3) is 0.800. The lowest BCUT2D eigenvalue weighted by Crippen LogP contribution is -2.70. The number of carbonyl (C=O) groups excluding carboxylic acids is 3. The Morgan fingerprint density at radius 1 is 0.900 bits per heavy atom. The Balaban J connectivity index is 1.95. The van der Waals surface area contributed by atoms with Gasteiger partial charge < -0.3 is 0 Å². The second-order valence-corrected chi connectivity index (χ2v) is 6.75. The van der Waals surface area contributed by atoms with Gasteiger partial charge in [-0.05, 0) is 39.0 Å². The minimum Gasteiger partial charge on any atom is -0.277 e. The van der Waals surface area contributed by atoms with Crippen LogP contribution in [-0.2, 0) is 9.59 Å². The van der Waals surface area contributed by atoms with Crippen LogP contribution < -0.4 is 5.32 Å². The molecule has 3 aliphatic rings. The van der Waals surface area contributed by atoms with Crippen molar-refractivity contribution in [3.8, 4) is 0 Å². The second-order valence-electron chi connectivity index (χ2n) is 6.75. The Morgan fingerprint density at radius 3 is 2.00 bits per heavy atom. The highest BCUT2D eigenvalue weighted by Gasteiger charge is 2.58. The molecule has 0 radical (unpaired) electrons. The zero-order valence-electron chi connectivity index (χ0n) is 12.0. The first-order chi connectivity index (χ1) is 9.50. The number of nitrogens with one attached hydrogen (secondary N) is 1. The number of urea groups is 1. The van der Waals surface area contributed by atoms with Gasteiger partial charge in [0.05, 0.1) is 0 Å². The van der Waals surface area contributed by atoms with E-state index in [2.05, 4.69) is 5.32 Å². The molecule has 1 heterocycles. The molecule has 1 N–H and O–H groups in total. The van der Waals surface area contributed by atoms with Crippen LogP contribution in [0.2, 0.25) is 0 Å². The van der Waals surface area contributed by atoms with Crippen LogP contribution in [0.1, 0.15) is 64.7 Å². The van der Waals surface area contributed by atoms with Gasteiger partial charge in [-0.2, -0.15) is 0 Å². The molecule has 0 bridgehead atoms. The van der Waals surface area contributed by atoms with Crippen LogP contribution in [0.5, 0.6) is 0 Å². The van der Waals surface area contributed by atoms with Crippen LogP contribution in [-0.4, -0.2) is 28.3 Å². The highest BCUT2D eigenvalue weighted by atomic mass is 16.2. The molecule has 110 valence electrons. The fourth-order valence-electron chi connectivity index (χ4n) is 3.85. The summed E-state index contributed by atoms with van der Waals surface area (Å²) in [6.07, 6.45) is 7.78. The fourth-order valence-corrected chi connectivity index (χ4v) is 3.85. The van der Waals surface area contributed by atoms with Crippen LogP contribution in [0.25, 0.3) is 0 Å². The van der Waals surface area contributed by atoms with Crippen molar-refractivity contribution in [2.75, 3.05) is 0 Å². The molecule has 2 aliphatic carbocycles. The molecule has 1 saturated heterocycles. The molecular formula is C15H22N2O3. The largest absolute Gasteiger partial charge is 0.331 e. The summed E-state index contributed by atoms with van der Waals surface area (Å²) in [4.78, 5) is 38.8. The van der Waals surface area contributed by atoms with Gasteiger partial charge in [-0.25, -0.2) is 4.79 Å². The SMILES string of the molecule is CC1(N2C(=O)NC(=O)C3(CCCCCC3)C2=O)CCC1. The van der Waals surface area contributed by atoms with Crippen molar-refractivity contribution in [2.45, 2.75) is 70.3 Å². The van der Waals surface area contributed by atoms with Crippen LogP contribution in [0.15, 0.2) is 0 Å². The number of hydrogen-bond donors (Lipinski definition) is 1. The van der Waals surface area contributed by atoms with E-state index in [1.807, 2.05) is 6.92 Å².